The molecule has 1 rings (SSSR count). The van der Waals surface area contributed by atoms with Crippen LogP contribution in [0.5, 0.6) is 0 Å². The van der Waals surface area contributed by atoms with Gasteiger partial charge in [0.15, 0.2) is 0 Å². The van der Waals surface area contributed by atoms with Gasteiger partial charge in [0.25, 0.3) is 0 Å². The highest BCUT2D eigenvalue weighted by Crippen LogP contribution is 1.98. The third-order valence-corrected chi connectivity index (χ3v) is 1.80. The fourth-order valence-corrected chi connectivity index (χ4v) is 1.03. The maximum absolute atomic E-state index is 10.8. The van der Waals surface area contributed by atoms with Gasteiger partial charge in [0, 0.05) is 6.20 Å². The number of nitrogens with zero attached hydrogens (tertiary/aromatic N) is 1. The molecule has 0 aliphatic rings. The van der Waals surface area contributed by atoms with Gasteiger partial charge in [-0.15, -0.1) is 11.6 Å². The van der Waals surface area contributed by atoms with Gasteiger partial charge in [-0.2, -0.15) is 0 Å². The van der Waals surface area contributed by atoms with Crippen LogP contribution in [0.4, 0.5) is 0 Å². The third-order valence-electron chi connectivity index (χ3n) is 1.56. The van der Waals surface area contributed by atoms with E-state index in [1.807, 2.05) is 19.1 Å². The standard InChI is InChI=1S/C9H11ClN2O/c1-7-2-3-11-8(4-7)6-12-9(13)5-10/h2-4H,5-6H2,1H3,(H,12,13). The first-order valence-corrected chi connectivity index (χ1v) is 4.50. The van der Waals surface area contributed by atoms with Crippen molar-refractivity contribution < 1.29 is 4.79 Å². The maximum Gasteiger partial charge on any atom is 0.235 e. The molecule has 1 N–H and O–H groups in total. The lowest BCUT2D eigenvalue weighted by Gasteiger charge is -2.02. The zero-order valence-corrected chi connectivity index (χ0v) is 8.14. The van der Waals surface area contributed by atoms with E-state index in [1.165, 1.54) is 0 Å². The number of hydrogen-bond donors (Lipinski definition) is 1. The van der Waals surface area contributed by atoms with Crippen LogP contribution in [0.1, 0.15) is 11.3 Å². The topological polar surface area (TPSA) is 42.0 Å². The Morgan fingerprint density at radius 2 is 2.46 bits per heavy atom. The quantitative estimate of drug-likeness (QED) is 0.743. The zero-order chi connectivity index (χ0) is 9.68. The van der Waals surface area contributed by atoms with Crippen LogP contribution >= 0.6 is 11.6 Å². The highest BCUT2D eigenvalue weighted by molar-refractivity contribution is 6.27. The molecule has 1 heterocycles. The summed E-state index contributed by atoms with van der Waals surface area (Å²) in [6, 6.07) is 3.83. The van der Waals surface area contributed by atoms with E-state index in [1.54, 1.807) is 6.20 Å². The Bertz CT molecular complexity index is 301. The van der Waals surface area contributed by atoms with Crippen molar-refractivity contribution in [3.63, 3.8) is 0 Å². The highest BCUT2D eigenvalue weighted by atomic mass is 35.5. The summed E-state index contributed by atoms with van der Waals surface area (Å²) in [6.07, 6.45) is 1.72. The molecule has 1 aromatic heterocycles. The molecule has 1 amide bonds. The second-order valence-electron chi connectivity index (χ2n) is 2.73. The number of alkyl halides is 1. The summed E-state index contributed by atoms with van der Waals surface area (Å²) in [6.45, 7) is 2.42. The first-order valence-electron chi connectivity index (χ1n) is 3.96. The van der Waals surface area contributed by atoms with Gasteiger partial charge in [-0.1, -0.05) is 0 Å². The van der Waals surface area contributed by atoms with Crippen LogP contribution in [-0.4, -0.2) is 16.8 Å². The summed E-state index contributed by atoms with van der Waals surface area (Å²) in [7, 11) is 0. The van der Waals surface area contributed by atoms with E-state index in [-0.39, 0.29) is 11.8 Å². The lowest BCUT2D eigenvalue weighted by Crippen LogP contribution is -2.24. The normalized spacial score (nSPS) is 9.69. The van der Waals surface area contributed by atoms with Crippen molar-refractivity contribution in [1.29, 1.82) is 0 Å². The molecule has 0 aromatic carbocycles. The fraction of sp³-hybridized carbons (Fsp3) is 0.333. The third kappa shape index (κ3) is 3.42. The molecule has 13 heavy (non-hydrogen) atoms. The highest BCUT2D eigenvalue weighted by Gasteiger charge is 1.98. The van der Waals surface area contributed by atoms with Crippen molar-refractivity contribution in [3.8, 4) is 0 Å². The molecule has 0 saturated heterocycles. The molecule has 0 bridgehead atoms. The number of halogens is 1. The summed E-state index contributed by atoms with van der Waals surface area (Å²) in [5, 5.41) is 2.64. The minimum atomic E-state index is -0.176. The Balaban J connectivity index is 2.50. The van der Waals surface area contributed by atoms with Crippen LogP contribution in [0.15, 0.2) is 18.3 Å². The minimum absolute atomic E-state index is 0.00812. The predicted octanol–water partition coefficient (Wildman–Crippen LogP) is 1.25. The fourth-order valence-electron chi connectivity index (χ4n) is 0.932. The number of carbonyl (C=O) groups is 1. The van der Waals surface area contributed by atoms with Gasteiger partial charge >= 0.3 is 0 Å². The Morgan fingerprint density at radius 1 is 1.69 bits per heavy atom. The predicted molar refractivity (Wildman–Crippen MR) is 51.5 cm³/mol. The van der Waals surface area contributed by atoms with E-state index in [0.717, 1.165) is 11.3 Å². The molecule has 0 radical (unpaired) electrons. The second-order valence-corrected chi connectivity index (χ2v) is 3.00. The molecule has 4 heteroatoms. The smallest absolute Gasteiger partial charge is 0.235 e. The van der Waals surface area contributed by atoms with Gasteiger partial charge in [0.05, 0.1) is 12.2 Å². The molecule has 3 nitrogen and oxygen atoms in total. The average molecular weight is 199 g/mol. The average Bonchev–Trinajstić information content (AvgIpc) is 2.14. The molecular formula is C9H11ClN2O. The van der Waals surface area contributed by atoms with Gasteiger partial charge in [0.2, 0.25) is 5.91 Å². The molecular weight excluding hydrogens is 188 g/mol. The largest absolute Gasteiger partial charge is 0.349 e. The van der Waals surface area contributed by atoms with Crippen molar-refractivity contribution in [3.05, 3.63) is 29.6 Å². The first-order chi connectivity index (χ1) is 6.22. The van der Waals surface area contributed by atoms with Crippen molar-refractivity contribution in [2.24, 2.45) is 0 Å². The van der Waals surface area contributed by atoms with Gasteiger partial charge in [0.1, 0.15) is 5.88 Å². The molecule has 1 aromatic rings. The van der Waals surface area contributed by atoms with Crippen LogP contribution in [-0.2, 0) is 11.3 Å². The molecule has 0 saturated carbocycles. The number of amides is 1. The second kappa shape index (κ2) is 4.82. The van der Waals surface area contributed by atoms with E-state index in [9.17, 15) is 4.79 Å². The monoisotopic (exact) mass is 198 g/mol. The number of nitrogens with one attached hydrogen (secondary N) is 1. The maximum atomic E-state index is 10.8. The van der Waals surface area contributed by atoms with Crippen molar-refractivity contribution in [2.75, 3.05) is 5.88 Å². The molecule has 0 atom stereocenters. The van der Waals surface area contributed by atoms with E-state index in [2.05, 4.69) is 10.3 Å². The summed E-state index contributed by atoms with van der Waals surface area (Å²) < 4.78 is 0. The van der Waals surface area contributed by atoms with Crippen LogP contribution in [0, 0.1) is 6.92 Å². The van der Waals surface area contributed by atoms with Crippen molar-refractivity contribution >= 4 is 17.5 Å². The SMILES string of the molecule is Cc1ccnc(CNC(=O)CCl)c1. The number of rotatable bonds is 3. The minimum Gasteiger partial charge on any atom is -0.349 e. The Labute approximate surface area is 82.1 Å². The Morgan fingerprint density at radius 3 is 3.08 bits per heavy atom. The number of carbonyl (C=O) groups excluding carboxylic acids is 1. The lowest BCUT2D eigenvalue weighted by molar-refractivity contribution is -0.118. The van der Waals surface area contributed by atoms with E-state index in [0.29, 0.717) is 6.54 Å². The first kappa shape index (κ1) is 9.99. The van der Waals surface area contributed by atoms with E-state index < -0.39 is 0 Å². The summed E-state index contributed by atoms with van der Waals surface area (Å²) in [5.41, 5.74) is 1.98. The molecule has 70 valence electrons. The molecule has 0 spiro atoms. The van der Waals surface area contributed by atoms with Crippen LogP contribution in [0.3, 0.4) is 0 Å². The van der Waals surface area contributed by atoms with Gasteiger partial charge in [-0.3, -0.25) is 9.78 Å². The van der Waals surface area contributed by atoms with Crippen LogP contribution in [0.2, 0.25) is 0 Å². The molecule has 0 fully saturated rings. The lowest BCUT2D eigenvalue weighted by atomic mass is 10.2. The number of aryl methyl sites for hydroxylation is 1. The van der Waals surface area contributed by atoms with Gasteiger partial charge in [-0.05, 0) is 24.6 Å². The van der Waals surface area contributed by atoms with E-state index >= 15 is 0 Å². The summed E-state index contributed by atoms with van der Waals surface area (Å²) in [4.78, 5) is 14.9. The number of aromatic nitrogens is 1. The number of pyridine rings is 1. The van der Waals surface area contributed by atoms with Crippen LogP contribution < -0.4 is 5.32 Å². The Kier molecular flexibility index (Phi) is 3.71. The molecule has 0 unspecified atom stereocenters. The molecule has 0 aliphatic carbocycles. The van der Waals surface area contributed by atoms with Gasteiger partial charge in [-0.25, -0.2) is 0 Å². The van der Waals surface area contributed by atoms with Crippen molar-refractivity contribution in [1.82, 2.24) is 10.3 Å². The summed E-state index contributed by atoms with van der Waals surface area (Å²) >= 11 is 5.32. The van der Waals surface area contributed by atoms with Crippen LogP contribution in [0.25, 0.3) is 0 Å². The number of hydrogen-bond acceptors (Lipinski definition) is 2. The summed E-state index contributed by atoms with van der Waals surface area (Å²) in [5.74, 6) is -0.184. The van der Waals surface area contributed by atoms with Crippen molar-refractivity contribution in [2.45, 2.75) is 13.5 Å². The van der Waals surface area contributed by atoms with E-state index in [4.69, 9.17) is 11.6 Å². The van der Waals surface area contributed by atoms with Gasteiger partial charge < -0.3 is 5.32 Å². The Hall–Kier alpha value is -1.09. The zero-order valence-electron chi connectivity index (χ0n) is 7.38. The molecule has 0 aliphatic heterocycles.